The van der Waals surface area contributed by atoms with E-state index in [4.69, 9.17) is 0 Å². The first-order valence-electron chi connectivity index (χ1n) is 5.39. The highest BCUT2D eigenvalue weighted by molar-refractivity contribution is 7.89. The molecule has 0 fully saturated rings. The molecule has 0 spiro atoms. The molecule has 0 bridgehead atoms. The summed E-state index contributed by atoms with van der Waals surface area (Å²) in [6.45, 7) is 6.93. The van der Waals surface area contributed by atoms with E-state index in [0.29, 0.717) is 18.5 Å². The third-order valence-electron chi connectivity index (χ3n) is 2.23. The van der Waals surface area contributed by atoms with Gasteiger partial charge >= 0.3 is 0 Å². The van der Waals surface area contributed by atoms with Crippen molar-refractivity contribution in [3.63, 3.8) is 0 Å². The van der Waals surface area contributed by atoms with Gasteiger partial charge in [0, 0.05) is 26.7 Å². The van der Waals surface area contributed by atoms with Crippen LogP contribution >= 0.6 is 0 Å². The van der Waals surface area contributed by atoms with Crippen molar-refractivity contribution < 1.29 is 8.42 Å². The molecule has 0 aromatic carbocycles. The molecule has 0 aliphatic carbocycles. The molecule has 0 heterocycles. The molecule has 0 aliphatic heterocycles. The van der Waals surface area contributed by atoms with E-state index in [9.17, 15) is 8.42 Å². The Hall–Kier alpha value is -0.130. The number of hydrogen-bond donors (Lipinski definition) is 1. The Labute approximate surface area is 94.1 Å². The van der Waals surface area contributed by atoms with E-state index in [1.165, 1.54) is 4.31 Å². The minimum Gasteiger partial charge on any atom is -0.313 e. The molecule has 4 nitrogen and oxygen atoms in total. The van der Waals surface area contributed by atoms with Gasteiger partial charge in [-0.15, -0.1) is 0 Å². The molecule has 1 N–H and O–H groups in total. The summed E-state index contributed by atoms with van der Waals surface area (Å²) in [4.78, 5) is 0. The van der Waals surface area contributed by atoms with Gasteiger partial charge in [-0.3, -0.25) is 0 Å². The van der Waals surface area contributed by atoms with Gasteiger partial charge in [-0.1, -0.05) is 13.8 Å². The third-order valence-corrected chi connectivity index (χ3v) is 4.07. The maximum Gasteiger partial charge on any atom is 0.214 e. The van der Waals surface area contributed by atoms with Crippen LogP contribution in [0.3, 0.4) is 0 Å². The van der Waals surface area contributed by atoms with Crippen LogP contribution in [0.4, 0.5) is 0 Å². The van der Waals surface area contributed by atoms with Gasteiger partial charge in [0.1, 0.15) is 0 Å². The molecule has 0 saturated carbocycles. The van der Waals surface area contributed by atoms with Gasteiger partial charge in [0.05, 0.1) is 5.75 Å². The van der Waals surface area contributed by atoms with Crippen molar-refractivity contribution in [3.8, 4) is 0 Å². The molecule has 92 valence electrons. The van der Waals surface area contributed by atoms with Gasteiger partial charge in [-0.25, -0.2) is 12.7 Å². The standard InChI is InChI=1S/C10H24N2O2S/c1-9(2)8-10(3)11-6-7-15(13,14)12(4)5/h9-11H,6-8H2,1-5H3. The highest BCUT2D eigenvalue weighted by Gasteiger charge is 2.13. The topological polar surface area (TPSA) is 49.4 Å². The zero-order valence-electron chi connectivity index (χ0n) is 10.4. The second kappa shape index (κ2) is 6.45. The molecule has 0 rings (SSSR count). The lowest BCUT2D eigenvalue weighted by Gasteiger charge is -2.17. The molecule has 0 aliphatic rings. The average Bonchev–Trinajstić information content (AvgIpc) is 2.01. The summed E-state index contributed by atoms with van der Waals surface area (Å²) < 4.78 is 24.1. The smallest absolute Gasteiger partial charge is 0.214 e. The van der Waals surface area contributed by atoms with E-state index in [0.717, 1.165) is 6.42 Å². The number of nitrogens with one attached hydrogen (secondary N) is 1. The minimum absolute atomic E-state index is 0.169. The van der Waals surface area contributed by atoms with Crippen molar-refractivity contribution in [2.75, 3.05) is 26.4 Å². The van der Waals surface area contributed by atoms with Gasteiger partial charge in [-0.2, -0.15) is 0 Å². The first-order valence-corrected chi connectivity index (χ1v) is 7.00. The van der Waals surface area contributed by atoms with Crippen molar-refractivity contribution >= 4 is 10.0 Å². The van der Waals surface area contributed by atoms with Crippen LogP contribution in [0.1, 0.15) is 27.2 Å². The minimum atomic E-state index is -3.05. The second-order valence-corrected chi connectivity index (χ2v) is 6.89. The van der Waals surface area contributed by atoms with Crippen LogP contribution in [0.15, 0.2) is 0 Å². The lowest BCUT2D eigenvalue weighted by atomic mass is 10.1. The predicted molar refractivity (Wildman–Crippen MR) is 64.4 cm³/mol. The van der Waals surface area contributed by atoms with Gasteiger partial charge in [0.2, 0.25) is 10.0 Å². The first kappa shape index (κ1) is 14.9. The lowest BCUT2D eigenvalue weighted by Crippen LogP contribution is -2.35. The summed E-state index contributed by atoms with van der Waals surface area (Å²) in [6.07, 6.45) is 1.07. The summed E-state index contributed by atoms with van der Waals surface area (Å²) >= 11 is 0. The van der Waals surface area contributed by atoms with Crippen molar-refractivity contribution in [2.45, 2.75) is 33.2 Å². The van der Waals surface area contributed by atoms with Crippen LogP contribution in [-0.2, 0) is 10.0 Å². The lowest BCUT2D eigenvalue weighted by molar-refractivity contribution is 0.448. The molecule has 0 saturated heterocycles. The van der Waals surface area contributed by atoms with Crippen molar-refractivity contribution in [2.24, 2.45) is 5.92 Å². The van der Waals surface area contributed by atoms with Crippen LogP contribution in [0.5, 0.6) is 0 Å². The van der Waals surface area contributed by atoms with E-state index >= 15 is 0 Å². The largest absolute Gasteiger partial charge is 0.313 e. The van der Waals surface area contributed by atoms with Gasteiger partial charge in [0.15, 0.2) is 0 Å². The maximum absolute atomic E-state index is 11.4. The van der Waals surface area contributed by atoms with E-state index in [1.54, 1.807) is 14.1 Å². The van der Waals surface area contributed by atoms with Crippen LogP contribution in [-0.4, -0.2) is 45.2 Å². The monoisotopic (exact) mass is 236 g/mol. The molecule has 1 atom stereocenters. The Kier molecular flexibility index (Phi) is 6.40. The molecule has 0 aromatic rings. The summed E-state index contributed by atoms with van der Waals surface area (Å²) in [5, 5.41) is 3.22. The maximum atomic E-state index is 11.4. The quantitative estimate of drug-likeness (QED) is 0.714. The van der Waals surface area contributed by atoms with E-state index in [-0.39, 0.29) is 5.75 Å². The van der Waals surface area contributed by atoms with E-state index < -0.39 is 10.0 Å². The van der Waals surface area contributed by atoms with Crippen molar-refractivity contribution in [3.05, 3.63) is 0 Å². The summed E-state index contributed by atoms with van der Waals surface area (Å²) in [5.74, 6) is 0.806. The summed E-state index contributed by atoms with van der Waals surface area (Å²) in [7, 11) is 0.0733. The van der Waals surface area contributed by atoms with Gasteiger partial charge in [0.25, 0.3) is 0 Å². The first-order chi connectivity index (χ1) is 6.75. The molecule has 1 unspecified atom stereocenters. The number of rotatable bonds is 7. The van der Waals surface area contributed by atoms with E-state index in [1.807, 2.05) is 0 Å². The van der Waals surface area contributed by atoms with Crippen LogP contribution in [0.2, 0.25) is 0 Å². The summed E-state index contributed by atoms with van der Waals surface area (Å²) in [6, 6.07) is 0.377. The number of nitrogens with zero attached hydrogens (tertiary/aromatic N) is 1. The predicted octanol–water partition coefficient (Wildman–Crippen LogP) is 0.902. The Balaban J connectivity index is 3.80. The zero-order valence-corrected chi connectivity index (χ0v) is 11.3. The molecule has 0 aromatic heterocycles. The van der Waals surface area contributed by atoms with Gasteiger partial charge in [-0.05, 0) is 19.3 Å². The number of hydrogen-bond acceptors (Lipinski definition) is 3. The highest BCUT2D eigenvalue weighted by Crippen LogP contribution is 2.03. The molecular formula is C10H24N2O2S. The van der Waals surface area contributed by atoms with Crippen LogP contribution in [0, 0.1) is 5.92 Å². The highest BCUT2D eigenvalue weighted by atomic mass is 32.2. The molecule has 0 radical (unpaired) electrons. The average molecular weight is 236 g/mol. The van der Waals surface area contributed by atoms with Crippen molar-refractivity contribution in [1.29, 1.82) is 0 Å². The zero-order chi connectivity index (χ0) is 12.1. The Bertz CT molecular complexity index is 261. The third kappa shape index (κ3) is 6.87. The van der Waals surface area contributed by atoms with E-state index in [2.05, 4.69) is 26.1 Å². The fourth-order valence-electron chi connectivity index (χ4n) is 1.41. The SMILES string of the molecule is CC(C)CC(C)NCCS(=O)(=O)N(C)C. The second-order valence-electron chi connectivity index (χ2n) is 4.58. The Morgan fingerprint density at radius 1 is 1.20 bits per heavy atom. The molecular weight excluding hydrogens is 212 g/mol. The van der Waals surface area contributed by atoms with Crippen LogP contribution < -0.4 is 5.32 Å². The fraction of sp³-hybridized carbons (Fsp3) is 1.00. The number of sulfonamides is 1. The molecule has 5 heteroatoms. The summed E-state index contributed by atoms with van der Waals surface area (Å²) in [5.41, 5.74) is 0. The van der Waals surface area contributed by atoms with Crippen LogP contribution in [0.25, 0.3) is 0 Å². The fourth-order valence-corrected chi connectivity index (χ4v) is 2.15. The molecule has 15 heavy (non-hydrogen) atoms. The van der Waals surface area contributed by atoms with Crippen molar-refractivity contribution in [1.82, 2.24) is 9.62 Å². The Morgan fingerprint density at radius 2 is 1.73 bits per heavy atom. The normalized spacial score (nSPS) is 14.9. The Morgan fingerprint density at radius 3 is 2.13 bits per heavy atom. The van der Waals surface area contributed by atoms with Gasteiger partial charge < -0.3 is 5.32 Å². The molecule has 0 amide bonds.